The lowest BCUT2D eigenvalue weighted by Gasteiger charge is -2.09. The van der Waals surface area contributed by atoms with Crippen molar-refractivity contribution in [2.24, 2.45) is 7.05 Å². The monoisotopic (exact) mass is 360 g/mol. The Morgan fingerprint density at radius 2 is 1.92 bits per heavy atom. The van der Waals surface area contributed by atoms with Gasteiger partial charge in [-0.05, 0) is 19.1 Å². The van der Waals surface area contributed by atoms with Crippen LogP contribution in [0, 0.1) is 6.92 Å². The number of H-pyrrole nitrogens is 1. The van der Waals surface area contributed by atoms with Crippen LogP contribution in [0.5, 0.6) is 0 Å². The fraction of sp³-hybridized carbons (Fsp3) is 0.312. The van der Waals surface area contributed by atoms with Crippen LogP contribution < -0.4 is 4.72 Å². The first-order chi connectivity index (χ1) is 11.8. The Kier molecular flexibility index (Phi) is 4.34. The summed E-state index contributed by atoms with van der Waals surface area (Å²) in [5.74, 6) is 2.00. The summed E-state index contributed by atoms with van der Waals surface area (Å²) in [6.07, 6.45) is 1.48. The number of aryl methyl sites for hydroxylation is 2. The average Bonchev–Trinajstić information content (AvgIpc) is 3.16. The zero-order chi connectivity index (χ0) is 18.2. The number of aromatic amines is 1. The summed E-state index contributed by atoms with van der Waals surface area (Å²) >= 11 is 0. The molecule has 9 heteroatoms. The number of para-hydroxylation sites is 1. The first-order valence-electron chi connectivity index (χ1n) is 7.82. The minimum atomic E-state index is -3.80. The van der Waals surface area contributed by atoms with Crippen LogP contribution in [-0.4, -0.2) is 33.2 Å². The van der Waals surface area contributed by atoms with E-state index < -0.39 is 10.0 Å². The standard InChI is InChI=1S/C16H20N6O2S/c1-10(2)15-18-16(20-19-15)12-7-5-6-8-13(12)21-25(23,24)14-9-22(4)11(3)17-14/h5-10,21H,1-4H3,(H,18,19,20). The van der Waals surface area contributed by atoms with Crippen molar-refractivity contribution in [3.8, 4) is 11.4 Å². The van der Waals surface area contributed by atoms with Crippen molar-refractivity contribution in [1.82, 2.24) is 24.7 Å². The summed E-state index contributed by atoms with van der Waals surface area (Å²) in [6.45, 7) is 5.75. The minimum Gasteiger partial charge on any atom is -0.337 e. The second-order valence-electron chi connectivity index (χ2n) is 6.09. The molecule has 0 radical (unpaired) electrons. The number of nitrogens with one attached hydrogen (secondary N) is 2. The van der Waals surface area contributed by atoms with Crippen molar-refractivity contribution in [3.63, 3.8) is 0 Å². The number of nitrogens with zero attached hydrogens (tertiary/aromatic N) is 4. The number of anilines is 1. The van der Waals surface area contributed by atoms with Crippen molar-refractivity contribution in [2.75, 3.05) is 4.72 Å². The first-order valence-corrected chi connectivity index (χ1v) is 9.30. The van der Waals surface area contributed by atoms with Gasteiger partial charge in [0.1, 0.15) is 11.6 Å². The van der Waals surface area contributed by atoms with E-state index in [1.54, 1.807) is 36.7 Å². The molecule has 0 amide bonds. The van der Waals surface area contributed by atoms with Gasteiger partial charge >= 0.3 is 0 Å². The molecule has 2 heterocycles. The Morgan fingerprint density at radius 3 is 2.52 bits per heavy atom. The molecule has 0 fully saturated rings. The normalized spacial score (nSPS) is 11.9. The maximum atomic E-state index is 12.6. The SMILES string of the molecule is Cc1nc(S(=O)(=O)Nc2ccccc2-c2n[nH]c(C(C)C)n2)cn1C. The van der Waals surface area contributed by atoms with Gasteiger partial charge in [-0.25, -0.2) is 9.97 Å². The van der Waals surface area contributed by atoms with E-state index in [1.165, 1.54) is 6.20 Å². The number of benzene rings is 1. The topological polar surface area (TPSA) is 106 Å². The number of hydrogen-bond donors (Lipinski definition) is 2. The average molecular weight is 360 g/mol. The fourth-order valence-corrected chi connectivity index (χ4v) is 3.39. The molecular weight excluding hydrogens is 340 g/mol. The third-order valence-corrected chi connectivity index (χ3v) is 5.06. The van der Waals surface area contributed by atoms with Crippen LogP contribution in [0.2, 0.25) is 0 Å². The van der Waals surface area contributed by atoms with E-state index in [0.29, 0.717) is 22.9 Å². The first kappa shape index (κ1) is 17.2. The molecular formula is C16H20N6O2S. The Balaban J connectivity index is 1.98. The van der Waals surface area contributed by atoms with E-state index in [4.69, 9.17) is 0 Å². The van der Waals surface area contributed by atoms with Gasteiger partial charge in [-0.2, -0.15) is 13.5 Å². The van der Waals surface area contributed by atoms with Crippen LogP contribution in [0.15, 0.2) is 35.5 Å². The Morgan fingerprint density at radius 1 is 1.20 bits per heavy atom. The molecule has 3 rings (SSSR count). The highest BCUT2D eigenvalue weighted by atomic mass is 32.2. The Hall–Kier alpha value is -2.68. The molecule has 0 atom stereocenters. The molecule has 0 saturated carbocycles. The molecule has 25 heavy (non-hydrogen) atoms. The van der Waals surface area contributed by atoms with Gasteiger partial charge in [0.05, 0.1) is 5.69 Å². The van der Waals surface area contributed by atoms with E-state index in [-0.39, 0.29) is 10.9 Å². The Bertz CT molecular complexity index is 984. The molecule has 2 N–H and O–H groups in total. The number of aromatic nitrogens is 5. The van der Waals surface area contributed by atoms with E-state index in [2.05, 4.69) is 24.9 Å². The van der Waals surface area contributed by atoms with Crippen LogP contribution in [0.25, 0.3) is 11.4 Å². The lowest BCUT2D eigenvalue weighted by Crippen LogP contribution is -2.14. The maximum absolute atomic E-state index is 12.6. The smallest absolute Gasteiger partial charge is 0.280 e. The summed E-state index contributed by atoms with van der Waals surface area (Å²) < 4.78 is 29.5. The number of hydrogen-bond acceptors (Lipinski definition) is 5. The fourth-order valence-electron chi connectivity index (χ4n) is 2.27. The Labute approximate surface area is 146 Å². The predicted molar refractivity (Wildman–Crippen MR) is 94.7 cm³/mol. The van der Waals surface area contributed by atoms with Gasteiger partial charge in [-0.15, -0.1) is 0 Å². The summed E-state index contributed by atoms with van der Waals surface area (Å²) in [4.78, 5) is 8.52. The van der Waals surface area contributed by atoms with Gasteiger partial charge < -0.3 is 4.57 Å². The number of sulfonamides is 1. The molecule has 0 unspecified atom stereocenters. The van der Waals surface area contributed by atoms with Crippen molar-refractivity contribution >= 4 is 15.7 Å². The zero-order valence-corrected chi connectivity index (χ0v) is 15.3. The van der Waals surface area contributed by atoms with Gasteiger partial charge in [-0.1, -0.05) is 26.0 Å². The highest BCUT2D eigenvalue weighted by Crippen LogP contribution is 2.27. The lowest BCUT2D eigenvalue weighted by molar-refractivity contribution is 0.598. The quantitative estimate of drug-likeness (QED) is 0.727. The zero-order valence-electron chi connectivity index (χ0n) is 14.5. The predicted octanol–water partition coefficient (Wildman–Crippen LogP) is 2.44. The van der Waals surface area contributed by atoms with E-state index in [9.17, 15) is 8.42 Å². The summed E-state index contributed by atoms with van der Waals surface area (Å²) in [5.41, 5.74) is 1.00. The molecule has 2 aromatic heterocycles. The maximum Gasteiger partial charge on any atom is 0.280 e. The lowest BCUT2D eigenvalue weighted by atomic mass is 10.1. The summed E-state index contributed by atoms with van der Waals surface area (Å²) in [6, 6.07) is 7.01. The van der Waals surface area contributed by atoms with Gasteiger partial charge in [0.2, 0.25) is 0 Å². The number of imidazole rings is 1. The van der Waals surface area contributed by atoms with Crippen molar-refractivity contribution in [3.05, 3.63) is 42.1 Å². The van der Waals surface area contributed by atoms with E-state index in [0.717, 1.165) is 5.82 Å². The largest absolute Gasteiger partial charge is 0.337 e. The summed E-state index contributed by atoms with van der Waals surface area (Å²) in [7, 11) is -2.06. The number of rotatable bonds is 5. The van der Waals surface area contributed by atoms with Gasteiger partial charge in [0.25, 0.3) is 10.0 Å². The van der Waals surface area contributed by atoms with Crippen LogP contribution >= 0.6 is 0 Å². The molecule has 0 aliphatic carbocycles. The molecule has 8 nitrogen and oxygen atoms in total. The van der Waals surface area contributed by atoms with Crippen molar-refractivity contribution < 1.29 is 8.42 Å². The van der Waals surface area contributed by atoms with Crippen LogP contribution in [0.1, 0.15) is 31.4 Å². The van der Waals surface area contributed by atoms with Gasteiger partial charge in [-0.3, -0.25) is 9.82 Å². The van der Waals surface area contributed by atoms with Crippen LogP contribution in [0.4, 0.5) is 5.69 Å². The highest BCUT2D eigenvalue weighted by molar-refractivity contribution is 7.92. The minimum absolute atomic E-state index is 0.0276. The van der Waals surface area contributed by atoms with E-state index >= 15 is 0 Å². The molecule has 0 aliphatic heterocycles. The third-order valence-electron chi connectivity index (χ3n) is 3.82. The van der Waals surface area contributed by atoms with Gasteiger partial charge in [0, 0.05) is 24.7 Å². The summed E-state index contributed by atoms with van der Waals surface area (Å²) in [5, 5.41) is 7.05. The molecule has 1 aromatic carbocycles. The highest BCUT2D eigenvalue weighted by Gasteiger charge is 2.21. The molecule has 0 saturated heterocycles. The van der Waals surface area contributed by atoms with Crippen LogP contribution in [-0.2, 0) is 17.1 Å². The molecule has 0 aliphatic rings. The third kappa shape index (κ3) is 3.41. The molecule has 3 aromatic rings. The van der Waals surface area contributed by atoms with E-state index in [1.807, 2.05) is 19.9 Å². The second kappa shape index (κ2) is 6.32. The molecule has 0 bridgehead atoms. The van der Waals surface area contributed by atoms with Crippen molar-refractivity contribution in [1.29, 1.82) is 0 Å². The van der Waals surface area contributed by atoms with Crippen molar-refractivity contribution in [2.45, 2.75) is 31.7 Å². The van der Waals surface area contributed by atoms with Crippen LogP contribution in [0.3, 0.4) is 0 Å². The molecule has 132 valence electrons. The second-order valence-corrected chi connectivity index (χ2v) is 7.72. The van der Waals surface area contributed by atoms with Gasteiger partial charge in [0.15, 0.2) is 10.9 Å². The molecule has 0 spiro atoms.